The van der Waals surface area contributed by atoms with Gasteiger partial charge in [-0.2, -0.15) is 0 Å². The van der Waals surface area contributed by atoms with E-state index in [9.17, 15) is 0 Å². The fourth-order valence-corrected chi connectivity index (χ4v) is 9.26. The van der Waals surface area contributed by atoms with Gasteiger partial charge in [-0.05, 0) is 92.2 Å². The lowest BCUT2D eigenvalue weighted by molar-refractivity contribution is 0.660. The number of fused-ring (bicyclic) bond motifs is 7. The molecule has 0 unspecified atom stereocenters. The third-order valence-electron chi connectivity index (χ3n) is 10.7. The maximum absolute atomic E-state index is 4.97. The Morgan fingerprint density at radius 1 is 0.510 bits per heavy atom. The SMILES string of the molecule is CC1(C)c2ccccc2-c2cc(N(c3ccc(-c4ccccc4)cc3)c3ccnc4sc5cc6ccccc6cc5c34)c(-c3ccccc3)cc21. The minimum Gasteiger partial charge on any atom is -0.309 e. The van der Waals surface area contributed by atoms with Crippen molar-refractivity contribution >= 4 is 59.5 Å². The third-order valence-corrected chi connectivity index (χ3v) is 11.8. The minimum absolute atomic E-state index is 0.120. The van der Waals surface area contributed by atoms with Crippen LogP contribution in [-0.4, -0.2) is 4.98 Å². The van der Waals surface area contributed by atoms with Gasteiger partial charge in [-0.25, -0.2) is 4.98 Å². The highest BCUT2D eigenvalue weighted by Gasteiger charge is 2.37. The van der Waals surface area contributed by atoms with Crippen LogP contribution in [-0.2, 0) is 5.41 Å². The van der Waals surface area contributed by atoms with E-state index in [1.807, 2.05) is 6.20 Å². The van der Waals surface area contributed by atoms with Gasteiger partial charge in [-0.3, -0.25) is 0 Å². The van der Waals surface area contributed by atoms with Gasteiger partial charge in [0.2, 0.25) is 0 Å². The number of benzene rings is 7. The van der Waals surface area contributed by atoms with Gasteiger partial charge in [0.15, 0.2) is 0 Å². The Labute approximate surface area is 301 Å². The highest BCUT2D eigenvalue weighted by atomic mass is 32.1. The fourth-order valence-electron chi connectivity index (χ4n) is 8.16. The van der Waals surface area contributed by atoms with Crippen LogP contribution in [0.5, 0.6) is 0 Å². The van der Waals surface area contributed by atoms with Crippen molar-refractivity contribution in [2.75, 3.05) is 4.90 Å². The summed E-state index contributed by atoms with van der Waals surface area (Å²) in [5, 5.41) is 4.89. The van der Waals surface area contributed by atoms with E-state index < -0.39 is 0 Å². The van der Waals surface area contributed by atoms with E-state index in [2.05, 4.69) is 183 Å². The van der Waals surface area contributed by atoms with Crippen molar-refractivity contribution in [1.82, 2.24) is 4.98 Å². The van der Waals surface area contributed by atoms with Crippen molar-refractivity contribution in [2.24, 2.45) is 0 Å². The van der Waals surface area contributed by atoms with E-state index in [1.165, 1.54) is 70.8 Å². The molecule has 0 amide bonds. The van der Waals surface area contributed by atoms with Gasteiger partial charge in [0.25, 0.3) is 0 Å². The lowest BCUT2D eigenvalue weighted by Crippen LogP contribution is -2.16. The predicted octanol–water partition coefficient (Wildman–Crippen LogP) is 13.7. The summed E-state index contributed by atoms with van der Waals surface area (Å²) in [5.41, 5.74) is 13.4. The molecular weight excluding hydrogens is 637 g/mol. The topological polar surface area (TPSA) is 16.1 Å². The molecule has 0 aliphatic heterocycles. The summed E-state index contributed by atoms with van der Waals surface area (Å²) in [7, 11) is 0. The average Bonchev–Trinajstić information content (AvgIpc) is 3.66. The van der Waals surface area contributed by atoms with E-state index >= 15 is 0 Å². The van der Waals surface area contributed by atoms with Crippen molar-refractivity contribution in [3.8, 4) is 33.4 Å². The molecule has 3 heteroatoms. The number of hydrogen-bond donors (Lipinski definition) is 0. The molecule has 0 spiro atoms. The molecule has 0 fully saturated rings. The van der Waals surface area contributed by atoms with Gasteiger partial charge in [0.05, 0.1) is 11.4 Å². The molecule has 0 saturated heterocycles. The summed E-state index contributed by atoms with van der Waals surface area (Å²) in [6, 6.07) is 59.9. The molecule has 51 heavy (non-hydrogen) atoms. The van der Waals surface area contributed by atoms with Crippen LogP contribution >= 0.6 is 11.3 Å². The Morgan fingerprint density at radius 2 is 1.16 bits per heavy atom. The van der Waals surface area contributed by atoms with Gasteiger partial charge >= 0.3 is 0 Å². The van der Waals surface area contributed by atoms with Crippen LogP contribution in [0.25, 0.3) is 64.5 Å². The molecule has 0 bridgehead atoms. The van der Waals surface area contributed by atoms with Gasteiger partial charge in [-0.1, -0.05) is 135 Å². The van der Waals surface area contributed by atoms with Gasteiger partial charge in [0.1, 0.15) is 4.83 Å². The molecular formula is C48H34N2S. The van der Waals surface area contributed by atoms with Gasteiger partial charge in [-0.15, -0.1) is 11.3 Å². The first-order valence-electron chi connectivity index (χ1n) is 17.5. The summed E-state index contributed by atoms with van der Waals surface area (Å²) in [6.45, 7) is 4.72. The van der Waals surface area contributed by atoms with E-state index in [-0.39, 0.29) is 5.41 Å². The molecule has 9 aromatic rings. The van der Waals surface area contributed by atoms with Crippen LogP contribution < -0.4 is 4.90 Å². The van der Waals surface area contributed by atoms with E-state index in [0.29, 0.717) is 0 Å². The maximum atomic E-state index is 4.97. The molecule has 0 radical (unpaired) electrons. The molecule has 0 saturated carbocycles. The highest BCUT2D eigenvalue weighted by molar-refractivity contribution is 7.25. The van der Waals surface area contributed by atoms with Crippen molar-refractivity contribution < 1.29 is 0 Å². The lowest BCUT2D eigenvalue weighted by Gasteiger charge is -2.30. The Kier molecular flexibility index (Phi) is 6.74. The van der Waals surface area contributed by atoms with Crippen LogP contribution in [0.15, 0.2) is 170 Å². The predicted molar refractivity (Wildman–Crippen MR) is 218 cm³/mol. The number of anilines is 3. The molecule has 0 atom stereocenters. The van der Waals surface area contributed by atoms with Crippen LogP contribution in [0.4, 0.5) is 17.1 Å². The molecule has 242 valence electrons. The molecule has 10 rings (SSSR count). The first-order valence-corrected chi connectivity index (χ1v) is 18.4. The second-order valence-electron chi connectivity index (χ2n) is 14.0. The van der Waals surface area contributed by atoms with Crippen LogP contribution in [0.3, 0.4) is 0 Å². The summed E-state index contributed by atoms with van der Waals surface area (Å²) in [6.07, 6.45) is 1.98. The van der Waals surface area contributed by atoms with Crippen LogP contribution in [0.2, 0.25) is 0 Å². The first kappa shape index (κ1) is 29.8. The van der Waals surface area contributed by atoms with Crippen molar-refractivity contribution in [3.05, 3.63) is 181 Å². The number of hydrogen-bond acceptors (Lipinski definition) is 3. The normalized spacial score (nSPS) is 13.1. The standard InChI is InChI=1S/C48H34N2S/c1-48(2)41-20-12-11-19-37(41)39-30-44(38(29-42(39)48)33-15-7-4-8-16-33)50(36-23-21-32(22-24-36)31-13-5-3-6-14-31)43-25-26-49-47-46(43)40-27-34-17-9-10-18-35(34)28-45(40)51-47/h3-30H,1-2H3. The molecule has 1 aliphatic rings. The molecule has 2 nitrogen and oxygen atoms in total. The average molecular weight is 671 g/mol. The largest absolute Gasteiger partial charge is 0.309 e. The smallest absolute Gasteiger partial charge is 0.126 e. The van der Waals surface area contributed by atoms with Crippen LogP contribution in [0, 0.1) is 0 Å². The molecule has 7 aromatic carbocycles. The number of rotatable bonds is 5. The Hall–Kier alpha value is -6.03. The zero-order valence-corrected chi connectivity index (χ0v) is 29.3. The fraction of sp³-hybridized carbons (Fsp3) is 0.0625. The van der Waals surface area contributed by atoms with E-state index in [1.54, 1.807) is 11.3 Å². The number of nitrogens with zero attached hydrogens (tertiary/aromatic N) is 2. The summed E-state index contributed by atoms with van der Waals surface area (Å²) < 4.78 is 1.25. The Balaban J connectivity index is 1.30. The molecule has 1 aliphatic carbocycles. The molecule has 2 aromatic heterocycles. The summed E-state index contributed by atoms with van der Waals surface area (Å²) >= 11 is 1.77. The lowest BCUT2D eigenvalue weighted by atomic mass is 9.81. The zero-order valence-electron chi connectivity index (χ0n) is 28.5. The minimum atomic E-state index is -0.120. The Morgan fingerprint density at radius 3 is 1.92 bits per heavy atom. The van der Waals surface area contributed by atoms with Crippen molar-refractivity contribution in [1.29, 1.82) is 0 Å². The van der Waals surface area contributed by atoms with Gasteiger partial charge < -0.3 is 4.90 Å². The quantitative estimate of drug-likeness (QED) is 0.181. The first-order chi connectivity index (χ1) is 25.0. The monoisotopic (exact) mass is 670 g/mol. The highest BCUT2D eigenvalue weighted by Crippen LogP contribution is 2.54. The second-order valence-corrected chi connectivity index (χ2v) is 15.0. The summed E-state index contributed by atoms with van der Waals surface area (Å²) in [4.78, 5) is 8.49. The van der Waals surface area contributed by atoms with Crippen molar-refractivity contribution in [2.45, 2.75) is 19.3 Å². The number of pyridine rings is 1. The van der Waals surface area contributed by atoms with E-state index in [4.69, 9.17) is 4.98 Å². The third kappa shape index (κ3) is 4.73. The Bertz CT molecular complexity index is 2760. The number of aromatic nitrogens is 1. The maximum Gasteiger partial charge on any atom is 0.126 e. The van der Waals surface area contributed by atoms with Crippen LogP contribution in [0.1, 0.15) is 25.0 Å². The van der Waals surface area contributed by atoms with E-state index in [0.717, 1.165) is 21.9 Å². The summed E-state index contributed by atoms with van der Waals surface area (Å²) in [5.74, 6) is 0. The molecule has 2 heterocycles. The van der Waals surface area contributed by atoms with Gasteiger partial charge in [0, 0.05) is 38.3 Å². The number of thiophene rings is 1. The second kappa shape index (κ2) is 11.5. The zero-order chi connectivity index (χ0) is 34.1. The van der Waals surface area contributed by atoms with Crippen molar-refractivity contribution in [3.63, 3.8) is 0 Å². The molecule has 0 N–H and O–H groups in total.